The molecule has 0 bridgehead atoms. The molecule has 2 nitrogen and oxygen atoms in total. The number of rotatable bonds is 5. The van der Waals surface area contributed by atoms with E-state index in [1.807, 2.05) is 0 Å². The van der Waals surface area contributed by atoms with Gasteiger partial charge in [0.2, 0.25) is 0 Å². The topological polar surface area (TPSA) is 17.8 Å². The Hall–Kier alpha value is -0.0200. The highest BCUT2D eigenvalue weighted by molar-refractivity contribution is 9.09. The summed E-state index contributed by atoms with van der Waals surface area (Å²) in [4.78, 5) is 0.552. The normalized spacial score (nSPS) is 19.4. The van der Waals surface area contributed by atoms with Gasteiger partial charge in [0, 0.05) is 11.4 Å². The molecular formula is C13H20BrClN2. The molecule has 1 fully saturated rings. The van der Waals surface area contributed by atoms with Crippen LogP contribution in [0.1, 0.15) is 45.0 Å². The number of aromatic nitrogens is 2. The van der Waals surface area contributed by atoms with Gasteiger partial charge in [-0.05, 0) is 38.0 Å². The van der Waals surface area contributed by atoms with Crippen LogP contribution in [0.3, 0.4) is 0 Å². The summed E-state index contributed by atoms with van der Waals surface area (Å²) in [6.07, 6.45) is 4.56. The lowest BCUT2D eigenvalue weighted by Crippen LogP contribution is -2.18. The summed E-state index contributed by atoms with van der Waals surface area (Å²) < 4.78 is 2.08. The first-order valence-electron chi connectivity index (χ1n) is 6.42. The molecule has 2 rings (SSSR count). The third-order valence-corrected chi connectivity index (χ3v) is 5.36. The molecule has 1 saturated carbocycles. The van der Waals surface area contributed by atoms with Gasteiger partial charge in [-0.15, -0.1) is 0 Å². The van der Waals surface area contributed by atoms with Gasteiger partial charge in [0.25, 0.3) is 0 Å². The quantitative estimate of drug-likeness (QED) is 0.743. The minimum atomic E-state index is 0.418. The zero-order valence-corrected chi connectivity index (χ0v) is 13.1. The van der Waals surface area contributed by atoms with Gasteiger partial charge in [-0.1, -0.05) is 41.4 Å². The lowest BCUT2D eigenvalue weighted by atomic mass is 9.96. The van der Waals surface area contributed by atoms with Crippen LogP contribution >= 0.6 is 27.5 Å². The van der Waals surface area contributed by atoms with Crippen molar-refractivity contribution in [2.45, 2.75) is 57.8 Å². The Bertz CT molecular complexity index is 408. The average molecular weight is 320 g/mol. The first-order valence-corrected chi connectivity index (χ1v) is 7.71. The predicted octanol–water partition coefficient (Wildman–Crippen LogP) is 4.22. The van der Waals surface area contributed by atoms with Crippen LogP contribution < -0.4 is 0 Å². The van der Waals surface area contributed by atoms with Crippen LogP contribution in [0.2, 0.25) is 5.02 Å². The van der Waals surface area contributed by atoms with E-state index in [1.54, 1.807) is 0 Å². The first-order chi connectivity index (χ1) is 8.04. The maximum absolute atomic E-state index is 6.45. The maximum atomic E-state index is 6.45. The van der Waals surface area contributed by atoms with Crippen molar-refractivity contribution in [3.8, 4) is 0 Å². The van der Waals surface area contributed by atoms with Gasteiger partial charge in [-0.2, -0.15) is 5.10 Å². The molecule has 1 aliphatic carbocycles. The van der Waals surface area contributed by atoms with Crippen LogP contribution in [0.5, 0.6) is 0 Å². The minimum Gasteiger partial charge on any atom is -0.268 e. The molecule has 0 radical (unpaired) electrons. The average Bonchev–Trinajstić information content (AvgIpc) is 3.02. The Kier molecular flexibility index (Phi) is 3.89. The fraction of sp³-hybridized carbons (Fsp3) is 0.769. The highest BCUT2D eigenvalue weighted by Gasteiger charge is 2.47. The van der Waals surface area contributed by atoms with Crippen LogP contribution in [-0.4, -0.2) is 14.6 Å². The third-order valence-electron chi connectivity index (χ3n) is 3.95. The smallest absolute Gasteiger partial charge is 0.0850 e. The standard InChI is InChI=1S/C13H20BrClN2/c1-4-10-12(15)11(17(5-2)16-10)8-13(6-7-13)9(3)14/h9H,4-8H2,1-3H3. The van der Waals surface area contributed by atoms with Gasteiger partial charge in [0.15, 0.2) is 0 Å². The number of hydrogen-bond donors (Lipinski definition) is 0. The summed E-state index contributed by atoms with van der Waals surface area (Å²) in [7, 11) is 0. The number of aryl methyl sites for hydroxylation is 2. The van der Waals surface area contributed by atoms with E-state index >= 15 is 0 Å². The molecule has 1 atom stereocenters. The summed E-state index contributed by atoms with van der Waals surface area (Å²) >= 11 is 10.2. The monoisotopic (exact) mass is 318 g/mol. The second-order valence-corrected chi connectivity index (χ2v) is 6.78. The van der Waals surface area contributed by atoms with E-state index in [9.17, 15) is 0 Å². The van der Waals surface area contributed by atoms with Crippen LogP contribution in [-0.2, 0) is 19.4 Å². The Balaban J connectivity index is 2.29. The van der Waals surface area contributed by atoms with E-state index in [0.717, 1.165) is 30.1 Å². The molecule has 1 aliphatic rings. The number of halogens is 2. The molecule has 1 heterocycles. The maximum Gasteiger partial charge on any atom is 0.0850 e. The predicted molar refractivity (Wildman–Crippen MR) is 76.0 cm³/mol. The molecular weight excluding hydrogens is 300 g/mol. The Labute approximate surface area is 117 Å². The molecule has 96 valence electrons. The van der Waals surface area contributed by atoms with Crippen molar-refractivity contribution in [1.29, 1.82) is 0 Å². The fourth-order valence-electron chi connectivity index (χ4n) is 2.40. The molecule has 0 aliphatic heterocycles. The van der Waals surface area contributed by atoms with Crippen molar-refractivity contribution in [1.82, 2.24) is 9.78 Å². The van der Waals surface area contributed by atoms with Crippen LogP contribution in [0.4, 0.5) is 0 Å². The van der Waals surface area contributed by atoms with Gasteiger partial charge in [-0.25, -0.2) is 0 Å². The molecule has 0 aromatic carbocycles. The lowest BCUT2D eigenvalue weighted by molar-refractivity contribution is 0.477. The van der Waals surface area contributed by atoms with E-state index in [-0.39, 0.29) is 0 Å². The van der Waals surface area contributed by atoms with Crippen LogP contribution in [0.25, 0.3) is 0 Å². The highest BCUT2D eigenvalue weighted by Crippen LogP contribution is 2.54. The van der Waals surface area contributed by atoms with E-state index in [2.05, 4.69) is 46.5 Å². The molecule has 4 heteroatoms. The van der Waals surface area contributed by atoms with E-state index in [1.165, 1.54) is 18.5 Å². The van der Waals surface area contributed by atoms with Crippen molar-refractivity contribution >= 4 is 27.5 Å². The Morgan fingerprint density at radius 2 is 2.12 bits per heavy atom. The van der Waals surface area contributed by atoms with Gasteiger partial charge in [0.1, 0.15) is 0 Å². The number of alkyl halides is 1. The largest absolute Gasteiger partial charge is 0.268 e. The van der Waals surface area contributed by atoms with Crippen LogP contribution in [0, 0.1) is 5.41 Å². The summed E-state index contributed by atoms with van der Waals surface area (Å²) in [6, 6.07) is 0. The summed E-state index contributed by atoms with van der Waals surface area (Å²) in [5.41, 5.74) is 2.69. The lowest BCUT2D eigenvalue weighted by Gasteiger charge is -2.18. The fourth-order valence-corrected chi connectivity index (χ4v) is 3.35. The zero-order valence-electron chi connectivity index (χ0n) is 10.8. The van der Waals surface area contributed by atoms with Crippen molar-refractivity contribution < 1.29 is 0 Å². The van der Waals surface area contributed by atoms with Gasteiger partial charge in [0.05, 0.1) is 16.4 Å². The van der Waals surface area contributed by atoms with Crippen LogP contribution in [0.15, 0.2) is 0 Å². The van der Waals surface area contributed by atoms with Gasteiger partial charge < -0.3 is 0 Å². The van der Waals surface area contributed by atoms with Crippen molar-refractivity contribution in [3.05, 3.63) is 16.4 Å². The molecule has 1 aromatic rings. The highest BCUT2D eigenvalue weighted by atomic mass is 79.9. The first kappa shape index (κ1) is 13.4. The summed E-state index contributed by atoms with van der Waals surface area (Å²) in [6.45, 7) is 7.39. The van der Waals surface area contributed by atoms with Crippen molar-refractivity contribution in [2.24, 2.45) is 5.41 Å². The van der Waals surface area contributed by atoms with Gasteiger partial charge in [-0.3, -0.25) is 4.68 Å². The molecule has 1 unspecified atom stereocenters. The summed E-state index contributed by atoms with van der Waals surface area (Å²) in [5, 5.41) is 5.48. The van der Waals surface area contributed by atoms with Crippen molar-refractivity contribution in [2.75, 3.05) is 0 Å². The second kappa shape index (κ2) is 4.93. The molecule has 0 spiro atoms. The Morgan fingerprint density at radius 3 is 2.53 bits per heavy atom. The molecule has 0 saturated heterocycles. The molecule has 1 aromatic heterocycles. The van der Waals surface area contributed by atoms with E-state index in [0.29, 0.717) is 10.2 Å². The number of hydrogen-bond acceptors (Lipinski definition) is 1. The zero-order chi connectivity index (χ0) is 12.6. The van der Waals surface area contributed by atoms with Crippen molar-refractivity contribution in [3.63, 3.8) is 0 Å². The Morgan fingerprint density at radius 1 is 1.47 bits per heavy atom. The minimum absolute atomic E-state index is 0.418. The SMILES string of the molecule is CCc1nn(CC)c(CC2(C(C)Br)CC2)c1Cl. The van der Waals surface area contributed by atoms with Gasteiger partial charge >= 0.3 is 0 Å². The third kappa shape index (κ3) is 2.41. The molecule has 17 heavy (non-hydrogen) atoms. The number of nitrogens with zero attached hydrogens (tertiary/aromatic N) is 2. The van der Waals surface area contributed by atoms with E-state index < -0.39 is 0 Å². The van der Waals surface area contributed by atoms with E-state index in [4.69, 9.17) is 11.6 Å². The summed E-state index contributed by atoms with van der Waals surface area (Å²) in [5.74, 6) is 0. The molecule has 0 N–H and O–H groups in total. The molecule has 0 amide bonds. The second-order valence-electron chi connectivity index (χ2n) is 5.03.